The van der Waals surface area contributed by atoms with Gasteiger partial charge in [-0.3, -0.25) is 4.68 Å². The van der Waals surface area contributed by atoms with Crippen LogP contribution in [0.3, 0.4) is 0 Å². The second kappa shape index (κ2) is 6.79. The van der Waals surface area contributed by atoms with E-state index in [-0.39, 0.29) is 0 Å². The smallest absolute Gasteiger partial charge is 0.247 e. The lowest BCUT2D eigenvalue weighted by molar-refractivity contribution is 0.406. The maximum atomic E-state index is 13.3. The molecule has 0 atom stereocenters. The summed E-state index contributed by atoms with van der Waals surface area (Å²) in [5, 5.41) is 8.20. The van der Waals surface area contributed by atoms with Crippen LogP contribution in [0.2, 0.25) is 0 Å². The number of hydrogen-bond donors (Lipinski definition) is 0. The predicted octanol–water partition coefficient (Wildman–Crippen LogP) is 3.55. The summed E-state index contributed by atoms with van der Waals surface area (Å²) in [7, 11) is -1.86. The minimum absolute atomic E-state index is 0.318. The van der Waals surface area contributed by atoms with E-state index in [0.29, 0.717) is 29.4 Å². The van der Waals surface area contributed by atoms with Gasteiger partial charge in [0.1, 0.15) is 4.90 Å². The van der Waals surface area contributed by atoms with Gasteiger partial charge < -0.3 is 0 Å². The maximum Gasteiger partial charge on any atom is 0.247 e. The van der Waals surface area contributed by atoms with Crippen LogP contribution in [-0.2, 0) is 30.2 Å². The first-order chi connectivity index (χ1) is 11.4. The van der Waals surface area contributed by atoms with Crippen molar-refractivity contribution < 1.29 is 8.42 Å². The Labute approximate surface area is 150 Å². The molecule has 0 saturated carbocycles. The lowest BCUT2D eigenvalue weighted by Crippen LogP contribution is -2.30. The summed E-state index contributed by atoms with van der Waals surface area (Å²) in [4.78, 5) is 2.36. The first-order valence-electron chi connectivity index (χ1n) is 7.44. The molecule has 0 fully saturated rings. The predicted molar refractivity (Wildman–Crippen MR) is 97.8 cm³/mol. The molecule has 3 heterocycles. The summed E-state index contributed by atoms with van der Waals surface area (Å²) >= 11 is 3.13. The third-order valence-corrected chi connectivity index (χ3v) is 7.63. The molecule has 0 aliphatic carbocycles. The second-order valence-electron chi connectivity index (χ2n) is 5.56. The molecule has 0 aliphatic rings. The van der Waals surface area contributed by atoms with Gasteiger partial charge >= 0.3 is 0 Å². The van der Waals surface area contributed by atoms with Crippen LogP contribution < -0.4 is 0 Å². The van der Waals surface area contributed by atoms with Crippen molar-refractivity contribution in [3.05, 3.63) is 56.2 Å². The van der Waals surface area contributed by atoms with Gasteiger partial charge in [0, 0.05) is 29.9 Å². The summed E-state index contributed by atoms with van der Waals surface area (Å²) in [5.41, 5.74) is 1.20. The Morgan fingerprint density at radius 2 is 1.62 bits per heavy atom. The van der Waals surface area contributed by atoms with E-state index in [9.17, 15) is 8.42 Å². The van der Waals surface area contributed by atoms with Gasteiger partial charge in [0.15, 0.2) is 0 Å². The molecule has 0 spiro atoms. The van der Waals surface area contributed by atoms with E-state index in [1.165, 1.54) is 0 Å². The molecule has 0 aliphatic heterocycles. The zero-order chi connectivity index (χ0) is 17.3. The molecule has 0 unspecified atom stereocenters. The largest absolute Gasteiger partial charge is 0.271 e. The topological polar surface area (TPSA) is 55.2 Å². The average Bonchev–Trinajstić information content (AvgIpc) is 3.23. The third-order valence-electron chi connectivity index (χ3n) is 3.87. The second-order valence-corrected chi connectivity index (χ2v) is 9.49. The van der Waals surface area contributed by atoms with Crippen molar-refractivity contribution in [3.63, 3.8) is 0 Å². The highest BCUT2D eigenvalue weighted by atomic mass is 32.2. The van der Waals surface area contributed by atoms with Crippen molar-refractivity contribution in [2.45, 2.75) is 31.8 Å². The van der Waals surface area contributed by atoms with E-state index in [4.69, 9.17) is 0 Å². The maximum absolute atomic E-state index is 13.3. The van der Waals surface area contributed by atoms with Crippen molar-refractivity contribution >= 4 is 32.7 Å². The molecule has 0 radical (unpaired) electrons. The van der Waals surface area contributed by atoms with Crippen LogP contribution in [0.4, 0.5) is 0 Å². The van der Waals surface area contributed by atoms with E-state index in [0.717, 1.165) is 9.75 Å². The molecule has 3 aromatic heterocycles. The van der Waals surface area contributed by atoms with E-state index in [2.05, 4.69) is 5.10 Å². The van der Waals surface area contributed by atoms with Gasteiger partial charge in [-0.2, -0.15) is 9.40 Å². The van der Waals surface area contributed by atoms with Crippen LogP contribution in [0, 0.1) is 13.8 Å². The molecular formula is C16H19N3O2S3. The molecule has 128 valence electrons. The Morgan fingerprint density at radius 1 is 1.08 bits per heavy atom. The fraction of sp³-hybridized carbons (Fsp3) is 0.312. The zero-order valence-electron chi connectivity index (χ0n) is 13.8. The Bertz CT molecular complexity index is 874. The van der Waals surface area contributed by atoms with Crippen molar-refractivity contribution in [2.75, 3.05) is 0 Å². The van der Waals surface area contributed by atoms with Crippen LogP contribution in [0.5, 0.6) is 0 Å². The molecule has 3 aromatic rings. The quantitative estimate of drug-likeness (QED) is 0.656. The monoisotopic (exact) mass is 381 g/mol. The van der Waals surface area contributed by atoms with Gasteiger partial charge in [-0.15, -0.1) is 22.7 Å². The average molecular weight is 382 g/mol. The molecule has 24 heavy (non-hydrogen) atoms. The van der Waals surface area contributed by atoms with Crippen molar-refractivity contribution in [1.82, 2.24) is 14.1 Å². The van der Waals surface area contributed by atoms with Crippen LogP contribution in [-0.4, -0.2) is 22.5 Å². The van der Waals surface area contributed by atoms with Crippen LogP contribution in [0.25, 0.3) is 0 Å². The third kappa shape index (κ3) is 3.32. The standard InChI is InChI=1S/C16H19N3O2S3/c1-12-16(13(2)18(3)17-12)24(20,21)19(10-14-6-4-8-22-14)11-15-7-5-9-23-15/h4-9H,10-11H2,1-3H3. The Hall–Kier alpha value is -1.48. The van der Waals surface area contributed by atoms with E-state index >= 15 is 0 Å². The molecule has 0 amide bonds. The highest BCUT2D eigenvalue weighted by Gasteiger charge is 2.31. The van der Waals surface area contributed by atoms with Gasteiger partial charge in [-0.1, -0.05) is 12.1 Å². The van der Waals surface area contributed by atoms with Crippen LogP contribution in [0.1, 0.15) is 21.1 Å². The number of rotatable bonds is 6. The fourth-order valence-corrected chi connectivity index (χ4v) is 6.03. The van der Waals surface area contributed by atoms with E-state index in [1.54, 1.807) is 52.6 Å². The van der Waals surface area contributed by atoms with Crippen molar-refractivity contribution in [1.29, 1.82) is 0 Å². The number of thiophene rings is 2. The lowest BCUT2D eigenvalue weighted by Gasteiger charge is -2.21. The summed E-state index contributed by atoms with van der Waals surface area (Å²) in [6, 6.07) is 7.81. The molecular weight excluding hydrogens is 362 g/mol. The van der Waals surface area contributed by atoms with Gasteiger partial charge in [-0.25, -0.2) is 8.42 Å². The summed E-state index contributed by atoms with van der Waals surface area (Å²) in [6.07, 6.45) is 0. The minimum Gasteiger partial charge on any atom is -0.271 e. The number of aryl methyl sites for hydroxylation is 2. The van der Waals surface area contributed by atoms with Crippen LogP contribution >= 0.6 is 22.7 Å². The number of sulfonamides is 1. The highest BCUT2D eigenvalue weighted by Crippen LogP contribution is 2.27. The minimum atomic E-state index is -3.63. The summed E-state index contributed by atoms with van der Waals surface area (Å²) in [5.74, 6) is 0. The number of hydrogen-bond acceptors (Lipinski definition) is 5. The normalized spacial score (nSPS) is 12.2. The van der Waals surface area contributed by atoms with Gasteiger partial charge in [0.05, 0.1) is 11.4 Å². The van der Waals surface area contributed by atoms with E-state index in [1.807, 2.05) is 35.0 Å². The van der Waals surface area contributed by atoms with Gasteiger partial charge in [0.2, 0.25) is 10.0 Å². The summed E-state index contributed by atoms with van der Waals surface area (Å²) in [6.45, 7) is 4.27. The zero-order valence-corrected chi connectivity index (χ0v) is 16.2. The number of aromatic nitrogens is 2. The summed E-state index contributed by atoms with van der Waals surface area (Å²) < 4.78 is 29.8. The first kappa shape index (κ1) is 17.3. The fourth-order valence-electron chi connectivity index (χ4n) is 2.64. The lowest BCUT2D eigenvalue weighted by atomic mass is 10.4. The SMILES string of the molecule is Cc1nn(C)c(C)c1S(=O)(=O)N(Cc1cccs1)Cc1cccs1. The Kier molecular flexibility index (Phi) is 4.91. The van der Waals surface area contributed by atoms with Crippen molar-refractivity contribution in [3.8, 4) is 0 Å². The number of nitrogens with zero attached hydrogens (tertiary/aromatic N) is 3. The Balaban J connectivity index is 2.02. The molecule has 8 heteroatoms. The highest BCUT2D eigenvalue weighted by molar-refractivity contribution is 7.89. The molecule has 3 rings (SSSR count). The Morgan fingerprint density at radius 3 is 2.00 bits per heavy atom. The van der Waals surface area contributed by atoms with Crippen molar-refractivity contribution in [2.24, 2.45) is 7.05 Å². The molecule has 5 nitrogen and oxygen atoms in total. The molecule has 0 bridgehead atoms. The molecule has 0 N–H and O–H groups in total. The first-order valence-corrected chi connectivity index (χ1v) is 10.6. The molecule has 0 aromatic carbocycles. The van der Waals surface area contributed by atoms with E-state index < -0.39 is 10.0 Å². The van der Waals surface area contributed by atoms with Crippen LogP contribution in [0.15, 0.2) is 39.9 Å². The van der Waals surface area contributed by atoms with Gasteiger partial charge in [-0.05, 0) is 36.7 Å². The molecule has 0 saturated heterocycles. The van der Waals surface area contributed by atoms with Gasteiger partial charge in [0.25, 0.3) is 0 Å².